The summed E-state index contributed by atoms with van der Waals surface area (Å²) in [5.41, 5.74) is 1.92. The first-order valence-electron chi connectivity index (χ1n) is 10.4. The van der Waals surface area contributed by atoms with E-state index >= 15 is 0 Å². The fraction of sp³-hybridized carbons (Fsp3) is 0.120. The monoisotopic (exact) mass is 507 g/mol. The lowest BCUT2D eigenvalue weighted by atomic mass is 10.1. The highest BCUT2D eigenvalue weighted by Crippen LogP contribution is 2.31. The number of ketones is 1. The van der Waals surface area contributed by atoms with Crippen molar-refractivity contribution >= 4 is 60.9 Å². The third-order valence-electron chi connectivity index (χ3n) is 5.30. The first-order valence-corrected chi connectivity index (χ1v) is 12.5. The van der Waals surface area contributed by atoms with E-state index in [1.807, 2.05) is 24.3 Å². The van der Waals surface area contributed by atoms with Gasteiger partial charge in [0.15, 0.2) is 10.9 Å². The summed E-state index contributed by atoms with van der Waals surface area (Å²) in [6.45, 7) is 0.316. The maximum atomic E-state index is 13.6. The number of methoxy groups -OCH3 is 1. The van der Waals surface area contributed by atoms with Crippen LogP contribution in [0.15, 0.2) is 76.8 Å². The summed E-state index contributed by atoms with van der Waals surface area (Å²) in [6, 6.07) is 18.1. The Hall–Kier alpha value is -3.20. The summed E-state index contributed by atoms with van der Waals surface area (Å²) < 4.78 is 7.39. The summed E-state index contributed by atoms with van der Waals surface area (Å²) in [5, 5.41) is 1.94. The van der Waals surface area contributed by atoms with Crippen molar-refractivity contribution in [1.82, 2.24) is 14.5 Å². The first-order chi connectivity index (χ1) is 16.5. The van der Waals surface area contributed by atoms with Crippen molar-refractivity contribution < 1.29 is 9.53 Å². The van der Waals surface area contributed by atoms with Gasteiger partial charge in [0, 0.05) is 22.2 Å². The van der Waals surface area contributed by atoms with Crippen molar-refractivity contribution in [3.63, 3.8) is 0 Å². The number of aromatic nitrogens is 3. The zero-order valence-corrected chi connectivity index (χ0v) is 20.4. The molecule has 0 atom stereocenters. The van der Waals surface area contributed by atoms with Crippen LogP contribution in [0.5, 0.6) is 5.75 Å². The van der Waals surface area contributed by atoms with Crippen LogP contribution in [0.25, 0.3) is 20.4 Å². The molecular weight excluding hydrogens is 490 g/mol. The molecule has 0 saturated heterocycles. The summed E-state index contributed by atoms with van der Waals surface area (Å²) in [7, 11) is 1.56. The Morgan fingerprint density at radius 2 is 1.97 bits per heavy atom. The number of carbonyl (C=O) groups is 1. The molecule has 9 heteroatoms. The van der Waals surface area contributed by atoms with Crippen LogP contribution in [-0.2, 0) is 6.54 Å². The SMILES string of the molecule is COc1cccc(C(=O)CSc2nc3c(sc4ncccc43)c(=O)n2Cc2ccc(Cl)cc2)c1. The van der Waals surface area contributed by atoms with Gasteiger partial charge in [0.1, 0.15) is 15.3 Å². The third kappa shape index (κ3) is 4.44. The predicted octanol–water partition coefficient (Wildman–Crippen LogP) is 5.69. The molecule has 5 aromatic rings. The van der Waals surface area contributed by atoms with E-state index in [1.165, 1.54) is 23.1 Å². The van der Waals surface area contributed by atoms with Gasteiger partial charge in [-0.1, -0.05) is 47.6 Å². The highest BCUT2D eigenvalue weighted by atomic mass is 35.5. The van der Waals surface area contributed by atoms with Gasteiger partial charge in [-0.05, 0) is 42.0 Å². The Kier molecular flexibility index (Phi) is 6.36. The van der Waals surface area contributed by atoms with Gasteiger partial charge in [-0.15, -0.1) is 11.3 Å². The number of ether oxygens (including phenoxy) is 1. The van der Waals surface area contributed by atoms with Crippen LogP contribution in [0, 0.1) is 0 Å². The number of thioether (sulfide) groups is 1. The normalized spacial score (nSPS) is 11.2. The topological polar surface area (TPSA) is 74.1 Å². The van der Waals surface area contributed by atoms with Gasteiger partial charge in [0.2, 0.25) is 0 Å². The van der Waals surface area contributed by atoms with E-state index in [1.54, 1.807) is 54.3 Å². The molecule has 0 unspecified atom stereocenters. The molecule has 170 valence electrons. The van der Waals surface area contributed by atoms with E-state index < -0.39 is 0 Å². The maximum absolute atomic E-state index is 13.6. The molecule has 0 fully saturated rings. The molecule has 6 nitrogen and oxygen atoms in total. The van der Waals surface area contributed by atoms with Crippen LogP contribution in [0.1, 0.15) is 15.9 Å². The number of nitrogens with zero attached hydrogens (tertiary/aromatic N) is 3. The molecule has 0 spiro atoms. The molecule has 0 amide bonds. The molecular formula is C25H18ClN3O3S2. The lowest BCUT2D eigenvalue weighted by Gasteiger charge is -2.12. The highest BCUT2D eigenvalue weighted by Gasteiger charge is 2.18. The molecule has 0 radical (unpaired) electrons. The van der Waals surface area contributed by atoms with Crippen molar-refractivity contribution in [2.45, 2.75) is 11.7 Å². The minimum absolute atomic E-state index is 0.0758. The van der Waals surface area contributed by atoms with E-state index in [-0.39, 0.29) is 17.1 Å². The van der Waals surface area contributed by atoms with E-state index in [9.17, 15) is 9.59 Å². The molecule has 34 heavy (non-hydrogen) atoms. The van der Waals surface area contributed by atoms with Crippen LogP contribution >= 0.6 is 34.7 Å². The van der Waals surface area contributed by atoms with E-state index in [4.69, 9.17) is 21.3 Å². The second kappa shape index (κ2) is 9.58. The quantitative estimate of drug-likeness (QED) is 0.160. The van der Waals surface area contributed by atoms with Gasteiger partial charge < -0.3 is 4.74 Å². The van der Waals surface area contributed by atoms with Gasteiger partial charge >= 0.3 is 0 Å². The minimum Gasteiger partial charge on any atom is -0.497 e. The Labute approximate surface area is 208 Å². The van der Waals surface area contributed by atoms with Gasteiger partial charge in [-0.3, -0.25) is 14.2 Å². The fourth-order valence-corrected chi connectivity index (χ4v) is 5.62. The molecule has 0 aliphatic heterocycles. The van der Waals surface area contributed by atoms with Crippen molar-refractivity contribution in [2.24, 2.45) is 0 Å². The van der Waals surface area contributed by atoms with E-state index in [0.29, 0.717) is 38.3 Å². The van der Waals surface area contributed by atoms with Gasteiger partial charge in [0.05, 0.1) is 24.9 Å². The Balaban J connectivity index is 1.56. The predicted molar refractivity (Wildman–Crippen MR) is 138 cm³/mol. The van der Waals surface area contributed by atoms with Crippen LogP contribution in [-0.4, -0.2) is 33.2 Å². The Morgan fingerprint density at radius 1 is 1.15 bits per heavy atom. The van der Waals surface area contributed by atoms with Crippen molar-refractivity contribution in [2.75, 3.05) is 12.9 Å². The molecule has 3 heterocycles. The Morgan fingerprint density at radius 3 is 2.76 bits per heavy atom. The van der Waals surface area contributed by atoms with Crippen molar-refractivity contribution in [3.05, 3.63) is 93.4 Å². The fourth-order valence-electron chi connectivity index (χ4n) is 3.57. The largest absolute Gasteiger partial charge is 0.497 e. The second-order valence-corrected chi connectivity index (χ2v) is 9.87. The van der Waals surface area contributed by atoms with E-state index in [2.05, 4.69) is 4.98 Å². The molecule has 0 N–H and O–H groups in total. The first kappa shape index (κ1) is 22.6. The number of thiophene rings is 1. The second-order valence-electron chi connectivity index (χ2n) is 7.49. The van der Waals surface area contributed by atoms with Crippen LogP contribution in [0.3, 0.4) is 0 Å². The lowest BCUT2D eigenvalue weighted by molar-refractivity contribution is 0.102. The minimum atomic E-state index is -0.153. The molecule has 0 saturated carbocycles. The summed E-state index contributed by atoms with van der Waals surface area (Å²) in [5.74, 6) is 0.673. The number of carbonyl (C=O) groups excluding carboxylic acids is 1. The Bertz CT molecular complexity index is 1580. The maximum Gasteiger partial charge on any atom is 0.272 e. The summed E-state index contributed by atoms with van der Waals surface area (Å²) in [6.07, 6.45) is 1.70. The number of halogens is 1. The third-order valence-corrected chi connectivity index (χ3v) is 7.61. The van der Waals surface area contributed by atoms with Crippen LogP contribution in [0.2, 0.25) is 5.02 Å². The molecule has 0 aliphatic rings. The van der Waals surface area contributed by atoms with E-state index in [0.717, 1.165) is 15.8 Å². The lowest BCUT2D eigenvalue weighted by Crippen LogP contribution is -2.23. The van der Waals surface area contributed by atoms with Gasteiger partial charge in [0.25, 0.3) is 5.56 Å². The zero-order chi connectivity index (χ0) is 23.7. The number of pyridine rings is 1. The summed E-state index contributed by atoms with van der Waals surface area (Å²) in [4.78, 5) is 36.4. The molecule has 5 rings (SSSR count). The molecule has 0 aliphatic carbocycles. The average molecular weight is 508 g/mol. The summed E-state index contributed by atoms with van der Waals surface area (Å²) >= 11 is 8.61. The molecule has 0 bridgehead atoms. The number of benzene rings is 2. The average Bonchev–Trinajstić information content (AvgIpc) is 3.24. The van der Waals surface area contributed by atoms with Crippen LogP contribution < -0.4 is 10.3 Å². The van der Waals surface area contributed by atoms with Crippen molar-refractivity contribution in [1.29, 1.82) is 0 Å². The zero-order valence-electron chi connectivity index (χ0n) is 18.0. The number of fused-ring (bicyclic) bond motifs is 3. The number of Topliss-reactive ketones (excluding diaryl/α,β-unsaturated/α-hetero) is 1. The van der Waals surface area contributed by atoms with Gasteiger partial charge in [-0.2, -0.15) is 0 Å². The molecule has 2 aromatic carbocycles. The van der Waals surface area contributed by atoms with Gasteiger partial charge in [-0.25, -0.2) is 9.97 Å². The highest BCUT2D eigenvalue weighted by molar-refractivity contribution is 7.99. The standard InChI is InChI=1S/C25H18ClN3O3S2/c1-32-18-5-2-4-16(12-18)20(30)14-33-25-28-21-19-6-3-11-27-23(19)34-22(21)24(31)29(25)13-15-7-9-17(26)10-8-15/h2-12H,13-14H2,1H3. The van der Waals surface area contributed by atoms with Crippen molar-refractivity contribution in [3.8, 4) is 5.75 Å². The van der Waals surface area contributed by atoms with Crippen LogP contribution in [0.4, 0.5) is 0 Å². The number of hydrogen-bond acceptors (Lipinski definition) is 7. The number of rotatable bonds is 7. The smallest absolute Gasteiger partial charge is 0.272 e. The number of hydrogen-bond donors (Lipinski definition) is 0. The molecule has 3 aromatic heterocycles.